The summed E-state index contributed by atoms with van der Waals surface area (Å²) in [5.41, 5.74) is 1.01. The molecule has 4 heteroatoms. The Bertz CT molecular complexity index is 453. The Morgan fingerprint density at radius 1 is 1.33 bits per heavy atom. The fraction of sp³-hybridized carbons (Fsp3) is 0.182. The molecule has 0 bridgehead atoms. The van der Waals surface area contributed by atoms with Crippen molar-refractivity contribution in [1.82, 2.24) is 5.16 Å². The number of nitrogens with zero attached hydrogens (tertiary/aromatic N) is 1. The van der Waals surface area contributed by atoms with Crippen molar-refractivity contribution in [2.45, 2.75) is 13.0 Å². The largest absolute Gasteiger partial charge is 0.390 e. The summed E-state index contributed by atoms with van der Waals surface area (Å²) in [6.45, 7) is -0.166. The van der Waals surface area contributed by atoms with Gasteiger partial charge in [-0.2, -0.15) is 0 Å². The summed E-state index contributed by atoms with van der Waals surface area (Å²) in [6, 6.07) is 8.11. The Balaban J connectivity index is 2.18. The first-order valence-corrected chi connectivity index (χ1v) is 4.58. The highest BCUT2D eigenvalue weighted by Crippen LogP contribution is 2.13. The van der Waals surface area contributed by atoms with Gasteiger partial charge in [-0.25, -0.2) is 4.39 Å². The van der Waals surface area contributed by atoms with Gasteiger partial charge in [-0.15, -0.1) is 0 Å². The van der Waals surface area contributed by atoms with Gasteiger partial charge in [0.2, 0.25) is 0 Å². The Morgan fingerprint density at radius 2 is 2.13 bits per heavy atom. The van der Waals surface area contributed by atoms with Gasteiger partial charge in [0, 0.05) is 12.5 Å². The van der Waals surface area contributed by atoms with Crippen LogP contribution in [0.2, 0.25) is 0 Å². The molecule has 0 atom stereocenters. The summed E-state index contributed by atoms with van der Waals surface area (Å²) in [6.07, 6.45) is 0.347. The van der Waals surface area contributed by atoms with Crippen LogP contribution in [-0.4, -0.2) is 10.3 Å². The minimum absolute atomic E-state index is 0.166. The zero-order chi connectivity index (χ0) is 10.7. The summed E-state index contributed by atoms with van der Waals surface area (Å²) in [4.78, 5) is 0. The number of rotatable bonds is 3. The second kappa shape index (κ2) is 4.23. The lowest BCUT2D eigenvalue weighted by Crippen LogP contribution is -1.90. The quantitative estimate of drug-likeness (QED) is 0.836. The van der Waals surface area contributed by atoms with E-state index in [9.17, 15) is 4.39 Å². The molecule has 0 aliphatic heterocycles. The van der Waals surface area contributed by atoms with E-state index < -0.39 is 0 Å². The predicted octanol–water partition coefficient (Wildman–Crippen LogP) is 1.90. The normalized spacial score (nSPS) is 10.5. The second-order valence-corrected chi connectivity index (χ2v) is 3.21. The topological polar surface area (TPSA) is 46.3 Å². The molecule has 78 valence electrons. The summed E-state index contributed by atoms with van der Waals surface area (Å²) in [5.74, 6) is 0.281. The molecule has 0 aliphatic rings. The number of benzene rings is 1. The molecule has 0 amide bonds. The molecule has 3 nitrogen and oxygen atoms in total. The third-order valence-corrected chi connectivity index (χ3v) is 2.09. The third kappa shape index (κ3) is 2.22. The SMILES string of the molecule is OCc1cc(Cc2ccccc2F)on1. The first kappa shape index (κ1) is 9.86. The van der Waals surface area contributed by atoms with Crippen molar-refractivity contribution in [1.29, 1.82) is 0 Å². The number of aliphatic hydroxyl groups is 1. The number of aromatic nitrogens is 1. The van der Waals surface area contributed by atoms with Crippen LogP contribution in [0.4, 0.5) is 4.39 Å². The molecule has 2 rings (SSSR count). The minimum Gasteiger partial charge on any atom is -0.390 e. The van der Waals surface area contributed by atoms with Crippen LogP contribution in [0.3, 0.4) is 0 Å². The third-order valence-electron chi connectivity index (χ3n) is 2.09. The van der Waals surface area contributed by atoms with E-state index in [0.717, 1.165) is 0 Å². The number of hydrogen-bond acceptors (Lipinski definition) is 3. The number of halogens is 1. The van der Waals surface area contributed by atoms with Gasteiger partial charge in [0.1, 0.15) is 17.3 Å². The zero-order valence-corrected chi connectivity index (χ0v) is 7.98. The lowest BCUT2D eigenvalue weighted by Gasteiger charge is -1.98. The highest BCUT2D eigenvalue weighted by molar-refractivity contribution is 5.22. The summed E-state index contributed by atoms with van der Waals surface area (Å²) < 4.78 is 18.2. The van der Waals surface area contributed by atoms with Crippen LogP contribution >= 0.6 is 0 Å². The van der Waals surface area contributed by atoms with E-state index >= 15 is 0 Å². The van der Waals surface area contributed by atoms with E-state index in [4.69, 9.17) is 9.63 Å². The van der Waals surface area contributed by atoms with Gasteiger partial charge >= 0.3 is 0 Å². The fourth-order valence-electron chi connectivity index (χ4n) is 1.34. The molecule has 0 saturated carbocycles. The Kier molecular flexibility index (Phi) is 2.78. The van der Waals surface area contributed by atoms with Gasteiger partial charge in [-0.05, 0) is 11.6 Å². The van der Waals surface area contributed by atoms with Gasteiger partial charge in [-0.1, -0.05) is 23.4 Å². The molecule has 0 aliphatic carbocycles. The maximum atomic E-state index is 13.3. The first-order chi connectivity index (χ1) is 7.29. The smallest absolute Gasteiger partial charge is 0.141 e. The highest BCUT2D eigenvalue weighted by Gasteiger charge is 2.07. The zero-order valence-electron chi connectivity index (χ0n) is 7.98. The molecule has 1 heterocycles. The average Bonchev–Trinajstić information content (AvgIpc) is 2.69. The molecule has 0 unspecified atom stereocenters. The molecule has 0 spiro atoms. The van der Waals surface area contributed by atoms with E-state index in [1.165, 1.54) is 6.07 Å². The molecular weight excluding hydrogens is 197 g/mol. The molecular formula is C11H10FNO2. The van der Waals surface area contributed by atoms with Gasteiger partial charge in [0.25, 0.3) is 0 Å². The lowest BCUT2D eigenvalue weighted by molar-refractivity contribution is 0.265. The standard InChI is InChI=1S/C11H10FNO2/c12-11-4-2-1-3-8(11)5-10-6-9(7-14)13-15-10/h1-4,6,14H,5,7H2. The minimum atomic E-state index is -0.264. The van der Waals surface area contributed by atoms with Crippen LogP contribution in [0, 0.1) is 5.82 Å². The Hall–Kier alpha value is -1.68. The first-order valence-electron chi connectivity index (χ1n) is 4.58. The van der Waals surface area contributed by atoms with Gasteiger partial charge in [0.05, 0.1) is 6.61 Å². The molecule has 1 aromatic heterocycles. The Morgan fingerprint density at radius 3 is 2.80 bits per heavy atom. The van der Waals surface area contributed by atoms with Crippen LogP contribution < -0.4 is 0 Å². The maximum absolute atomic E-state index is 13.3. The Labute approximate surface area is 86.1 Å². The van der Waals surface area contributed by atoms with E-state index in [-0.39, 0.29) is 12.4 Å². The van der Waals surface area contributed by atoms with E-state index in [2.05, 4.69) is 5.16 Å². The van der Waals surface area contributed by atoms with Crippen LogP contribution in [0.5, 0.6) is 0 Å². The van der Waals surface area contributed by atoms with Crippen molar-refractivity contribution in [2.24, 2.45) is 0 Å². The second-order valence-electron chi connectivity index (χ2n) is 3.21. The number of hydrogen-bond donors (Lipinski definition) is 1. The average molecular weight is 207 g/mol. The summed E-state index contributed by atoms with van der Waals surface area (Å²) >= 11 is 0. The molecule has 0 fully saturated rings. The van der Waals surface area contributed by atoms with Crippen LogP contribution in [0.15, 0.2) is 34.9 Å². The molecule has 2 aromatic rings. The summed E-state index contributed by atoms with van der Waals surface area (Å²) in [5, 5.41) is 12.4. The van der Waals surface area contributed by atoms with Crippen molar-refractivity contribution in [3.63, 3.8) is 0 Å². The van der Waals surface area contributed by atoms with Crippen molar-refractivity contribution >= 4 is 0 Å². The molecule has 1 N–H and O–H groups in total. The molecule has 15 heavy (non-hydrogen) atoms. The van der Waals surface area contributed by atoms with Crippen molar-refractivity contribution in [2.75, 3.05) is 0 Å². The molecule has 1 aromatic carbocycles. The van der Waals surface area contributed by atoms with Crippen LogP contribution in [-0.2, 0) is 13.0 Å². The van der Waals surface area contributed by atoms with E-state index in [1.54, 1.807) is 24.3 Å². The van der Waals surface area contributed by atoms with Crippen LogP contribution in [0.25, 0.3) is 0 Å². The van der Waals surface area contributed by atoms with Gasteiger partial charge < -0.3 is 9.63 Å². The fourth-order valence-corrected chi connectivity index (χ4v) is 1.34. The van der Waals surface area contributed by atoms with Crippen molar-refractivity contribution in [3.8, 4) is 0 Å². The maximum Gasteiger partial charge on any atom is 0.141 e. The molecule has 0 saturated heterocycles. The van der Waals surface area contributed by atoms with Crippen molar-refractivity contribution < 1.29 is 14.0 Å². The monoisotopic (exact) mass is 207 g/mol. The molecule has 0 radical (unpaired) electrons. The van der Waals surface area contributed by atoms with Crippen LogP contribution in [0.1, 0.15) is 17.0 Å². The van der Waals surface area contributed by atoms with E-state index in [0.29, 0.717) is 23.4 Å². The van der Waals surface area contributed by atoms with Gasteiger partial charge in [0.15, 0.2) is 0 Å². The lowest BCUT2D eigenvalue weighted by atomic mass is 10.1. The van der Waals surface area contributed by atoms with Crippen molar-refractivity contribution in [3.05, 3.63) is 53.2 Å². The predicted molar refractivity (Wildman–Crippen MR) is 51.6 cm³/mol. The van der Waals surface area contributed by atoms with Gasteiger partial charge in [-0.3, -0.25) is 0 Å². The summed E-state index contributed by atoms with van der Waals surface area (Å²) in [7, 11) is 0. The number of aliphatic hydroxyl groups excluding tert-OH is 1. The highest BCUT2D eigenvalue weighted by atomic mass is 19.1. The van der Waals surface area contributed by atoms with E-state index in [1.807, 2.05) is 0 Å².